The summed E-state index contributed by atoms with van der Waals surface area (Å²) in [6.45, 7) is 0. The fourth-order valence-corrected chi connectivity index (χ4v) is 19.4. The van der Waals surface area contributed by atoms with Crippen LogP contribution in [0.4, 0.5) is 0 Å². The Hall–Kier alpha value is -3.87. The maximum Gasteiger partial charge on any atom is -1.00 e. The first kappa shape index (κ1) is 37.4. The van der Waals surface area contributed by atoms with Crippen LogP contribution in [0.2, 0.25) is 0 Å². The molecule has 2 unspecified atom stereocenters. The van der Waals surface area contributed by atoms with Crippen molar-refractivity contribution in [1.29, 1.82) is 0 Å². The molecule has 0 bridgehead atoms. The molecule has 3 aliphatic rings. The van der Waals surface area contributed by atoms with Crippen molar-refractivity contribution in [3.05, 3.63) is 227 Å². The first-order valence-electron chi connectivity index (χ1n) is 18.9. The van der Waals surface area contributed by atoms with Gasteiger partial charge in [0.2, 0.25) is 0 Å². The number of hydrogen-bond acceptors (Lipinski definition) is 0. The van der Waals surface area contributed by atoms with Crippen LogP contribution in [-0.2, 0) is 21.3 Å². The fourth-order valence-electron chi connectivity index (χ4n) is 9.38. The summed E-state index contributed by atoms with van der Waals surface area (Å²) in [6.07, 6.45) is 12.3. The van der Waals surface area contributed by atoms with Crippen LogP contribution in [0.25, 0.3) is 11.1 Å². The predicted molar refractivity (Wildman–Crippen MR) is 212 cm³/mol. The second-order valence-electron chi connectivity index (χ2n) is 14.5. The van der Waals surface area contributed by atoms with E-state index in [2.05, 4.69) is 182 Å². The molecule has 0 aromatic heterocycles. The SMILES string of the molecule is C1=C(C(c2ccccc2)c2ccccc2)c2ccccc2[CH]1[Zr+2](=[C]1CCCCC1)[CH]1C=C(C(c2ccccc2)c2ccccc2)c2ccccc21.[Cl-].[Cl-]. The molecule has 0 radical (unpaired) electrons. The van der Waals surface area contributed by atoms with E-state index in [1.165, 1.54) is 76.6 Å². The Kier molecular flexibility index (Phi) is 12.1. The molecule has 0 heterocycles. The Bertz CT molecular complexity index is 2000. The van der Waals surface area contributed by atoms with Gasteiger partial charge >= 0.3 is 313 Å². The van der Waals surface area contributed by atoms with Gasteiger partial charge in [0.05, 0.1) is 0 Å². The standard InChI is InChI=1S/2C22H17.C6H10.2ClH.Zr/c2*1-3-10-18(11-4-1)22(19-12-5-2-6-13-19)21-16-15-17-9-7-8-14-20(17)21;1-2-4-6-5-3-1;;;/h2*1-16,22H;1-5H2;2*1H;/q;;;;;+2/p-2. The van der Waals surface area contributed by atoms with Crippen molar-refractivity contribution in [2.45, 2.75) is 51.2 Å². The van der Waals surface area contributed by atoms with Crippen LogP contribution < -0.4 is 24.8 Å². The molecule has 0 N–H and O–H groups in total. The zero-order valence-corrected chi connectivity index (χ0v) is 33.9. The summed E-state index contributed by atoms with van der Waals surface area (Å²) in [5.41, 5.74) is 14.6. The fraction of sp³-hybridized carbons (Fsp3) is 0.180. The van der Waals surface area contributed by atoms with E-state index in [4.69, 9.17) is 0 Å². The molecule has 262 valence electrons. The summed E-state index contributed by atoms with van der Waals surface area (Å²) in [5, 5.41) is 0. The van der Waals surface area contributed by atoms with Crippen LogP contribution in [0.3, 0.4) is 0 Å². The van der Waals surface area contributed by atoms with Gasteiger partial charge < -0.3 is 24.8 Å². The molecular formula is C50H44Cl2Zr. The van der Waals surface area contributed by atoms with Crippen LogP contribution in [-0.4, -0.2) is 3.21 Å². The molecule has 2 atom stereocenters. The van der Waals surface area contributed by atoms with E-state index in [9.17, 15) is 0 Å². The molecular weight excluding hydrogens is 763 g/mol. The van der Waals surface area contributed by atoms with Gasteiger partial charge in [0.1, 0.15) is 0 Å². The third kappa shape index (κ3) is 7.34. The van der Waals surface area contributed by atoms with Gasteiger partial charge in [-0.2, -0.15) is 0 Å². The number of halogens is 2. The molecule has 3 aliphatic carbocycles. The summed E-state index contributed by atoms with van der Waals surface area (Å²) in [7, 11) is 0. The van der Waals surface area contributed by atoms with Gasteiger partial charge in [-0.25, -0.2) is 0 Å². The first-order valence-corrected chi connectivity index (χ1v) is 23.0. The monoisotopic (exact) mass is 804 g/mol. The smallest absolute Gasteiger partial charge is 1.00 e. The summed E-state index contributed by atoms with van der Waals surface area (Å²) in [4.78, 5) is 0. The molecule has 6 aromatic carbocycles. The Labute approximate surface area is 335 Å². The van der Waals surface area contributed by atoms with E-state index in [1.807, 2.05) is 3.21 Å². The molecule has 0 aliphatic heterocycles. The average molecular weight is 807 g/mol. The number of fused-ring (bicyclic) bond motifs is 2. The molecule has 6 aromatic rings. The third-order valence-corrected chi connectivity index (χ3v) is 20.5. The first-order chi connectivity index (χ1) is 25.3. The summed E-state index contributed by atoms with van der Waals surface area (Å²) < 4.78 is 2.97. The number of allylic oxidation sites excluding steroid dienone is 4. The molecule has 53 heavy (non-hydrogen) atoms. The molecule has 3 heteroatoms. The van der Waals surface area contributed by atoms with Crippen molar-refractivity contribution in [3.63, 3.8) is 0 Å². The molecule has 9 rings (SSSR count). The topological polar surface area (TPSA) is 0 Å². The van der Waals surface area contributed by atoms with E-state index in [0.717, 1.165) is 0 Å². The van der Waals surface area contributed by atoms with Crippen LogP contribution in [0, 0.1) is 0 Å². The van der Waals surface area contributed by atoms with Crippen molar-refractivity contribution in [1.82, 2.24) is 0 Å². The van der Waals surface area contributed by atoms with Crippen molar-refractivity contribution in [3.8, 4) is 0 Å². The third-order valence-electron chi connectivity index (χ3n) is 11.6. The van der Waals surface area contributed by atoms with Gasteiger partial charge in [0, 0.05) is 0 Å². The molecule has 0 amide bonds. The molecule has 1 saturated carbocycles. The van der Waals surface area contributed by atoms with E-state index in [1.54, 1.807) is 11.1 Å². The van der Waals surface area contributed by atoms with Crippen molar-refractivity contribution in [2.75, 3.05) is 0 Å². The normalized spacial score (nSPS) is 17.1. The van der Waals surface area contributed by atoms with Gasteiger partial charge in [-0.05, 0) is 0 Å². The Morgan fingerprint density at radius 3 is 1.06 bits per heavy atom. The van der Waals surface area contributed by atoms with Crippen LogP contribution in [0.15, 0.2) is 182 Å². The van der Waals surface area contributed by atoms with E-state index >= 15 is 0 Å². The quantitative estimate of drug-likeness (QED) is 0.161. The van der Waals surface area contributed by atoms with Gasteiger partial charge in [-0.1, -0.05) is 0 Å². The summed E-state index contributed by atoms with van der Waals surface area (Å²) in [6, 6.07) is 63.9. The van der Waals surface area contributed by atoms with Crippen molar-refractivity contribution >= 4 is 14.4 Å². The minimum Gasteiger partial charge on any atom is -1.00 e. The Morgan fingerprint density at radius 2 is 0.698 bits per heavy atom. The van der Waals surface area contributed by atoms with Gasteiger partial charge in [-0.3, -0.25) is 0 Å². The zero-order valence-electron chi connectivity index (χ0n) is 29.9. The minimum atomic E-state index is -2.52. The molecule has 0 saturated heterocycles. The largest absolute Gasteiger partial charge is 1.00 e. The van der Waals surface area contributed by atoms with E-state index < -0.39 is 21.3 Å². The maximum absolute atomic E-state index is 2.80. The van der Waals surface area contributed by atoms with Crippen LogP contribution in [0.5, 0.6) is 0 Å². The minimum absolute atomic E-state index is 0. The summed E-state index contributed by atoms with van der Waals surface area (Å²) in [5.74, 6) is 0.420. The average Bonchev–Trinajstić information content (AvgIpc) is 3.77. The van der Waals surface area contributed by atoms with E-state index in [0.29, 0.717) is 7.25 Å². The van der Waals surface area contributed by atoms with Crippen molar-refractivity contribution in [2.24, 2.45) is 0 Å². The predicted octanol–water partition coefficient (Wildman–Crippen LogP) is 6.69. The van der Waals surface area contributed by atoms with Gasteiger partial charge in [0.25, 0.3) is 0 Å². The molecule has 0 spiro atoms. The zero-order chi connectivity index (χ0) is 34.0. The van der Waals surface area contributed by atoms with Crippen molar-refractivity contribution < 1.29 is 46.1 Å². The number of benzene rings is 6. The Morgan fingerprint density at radius 1 is 0.377 bits per heavy atom. The number of hydrogen-bond donors (Lipinski definition) is 0. The van der Waals surface area contributed by atoms with E-state index in [-0.39, 0.29) is 36.6 Å². The van der Waals surface area contributed by atoms with Crippen LogP contribution >= 0.6 is 0 Å². The Balaban J connectivity index is 0.00000218. The molecule has 1 fully saturated rings. The van der Waals surface area contributed by atoms with Gasteiger partial charge in [0.15, 0.2) is 0 Å². The van der Waals surface area contributed by atoms with Gasteiger partial charge in [-0.15, -0.1) is 0 Å². The number of rotatable bonds is 8. The van der Waals surface area contributed by atoms with Crippen LogP contribution in [0.1, 0.15) is 95.7 Å². The second kappa shape index (κ2) is 17.1. The second-order valence-corrected chi connectivity index (χ2v) is 21.5. The maximum atomic E-state index is 2.80. The summed E-state index contributed by atoms with van der Waals surface area (Å²) >= 11 is -2.52. The molecule has 0 nitrogen and oxygen atoms in total.